The summed E-state index contributed by atoms with van der Waals surface area (Å²) in [5.41, 5.74) is 3.75. The van der Waals surface area contributed by atoms with Crippen molar-refractivity contribution >= 4 is 45.7 Å². The van der Waals surface area contributed by atoms with E-state index in [0.717, 1.165) is 23.9 Å². The van der Waals surface area contributed by atoms with Crippen LogP contribution in [0.2, 0.25) is 0 Å². The molecular weight excluding hydrogens is 418 g/mol. The number of para-hydroxylation sites is 1. The smallest absolute Gasteiger partial charge is 0.173 e. The molecule has 0 radical (unpaired) electrons. The molecule has 0 spiro atoms. The van der Waals surface area contributed by atoms with Gasteiger partial charge in [0.05, 0.1) is 0 Å². The minimum atomic E-state index is 0.495. The fourth-order valence-electron chi connectivity index (χ4n) is 4.73. The SMILES string of the molecule is CCn1cc(CN(C(=S)Nc2cccc(SC)c2)C2CCCCCC2)c2ccccc21. The van der Waals surface area contributed by atoms with E-state index >= 15 is 0 Å². The van der Waals surface area contributed by atoms with Crippen LogP contribution in [0.5, 0.6) is 0 Å². The van der Waals surface area contributed by atoms with Gasteiger partial charge in [0.1, 0.15) is 0 Å². The molecule has 1 aliphatic carbocycles. The van der Waals surface area contributed by atoms with Crippen LogP contribution in [0.3, 0.4) is 0 Å². The third-order valence-electron chi connectivity index (χ3n) is 6.40. The zero-order valence-electron chi connectivity index (χ0n) is 18.6. The molecule has 0 saturated heterocycles. The van der Waals surface area contributed by atoms with E-state index in [-0.39, 0.29) is 0 Å². The summed E-state index contributed by atoms with van der Waals surface area (Å²) in [6, 6.07) is 17.8. The summed E-state index contributed by atoms with van der Waals surface area (Å²) in [5, 5.41) is 5.75. The number of fused-ring (bicyclic) bond motifs is 1. The lowest BCUT2D eigenvalue weighted by atomic mass is 10.1. The summed E-state index contributed by atoms with van der Waals surface area (Å²) in [6.45, 7) is 4.05. The lowest BCUT2D eigenvalue weighted by Gasteiger charge is -2.34. The van der Waals surface area contributed by atoms with Crippen LogP contribution in [0.25, 0.3) is 10.9 Å². The molecular formula is C26H33N3S2. The second-order valence-electron chi connectivity index (χ2n) is 8.39. The van der Waals surface area contributed by atoms with Gasteiger partial charge in [-0.05, 0) is 68.1 Å². The molecule has 0 bridgehead atoms. The summed E-state index contributed by atoms with van der Waals surface area (Å²) in [4.78, 5) is 3.72. The van der Waals surface area contributed by atoms with Crippen LogP contribution in [-0.4, -0.2) is 26.9 Å². The number of thiocarbonyl (C=S) groups is 1. The van der Waals surface area contributed by atoms with E-state index in [1.807, 2.05) is 0 Å². The standard InChI is InChI=1S/C26H33N3S2/c1-3-28-18-20(24-15-8-9-16-25(24)28)19-29(22-12-6-4-5-7-13-22)26(30)27-21-11-10-14-23(17-21)31-2/h8-11,14-18,22H,3-7,12-13,19H2,1-2H3,(H,27,30). The monoisotopic (exact) mass is 451 g/mol. The minimum absolute atomic E-state index is 0.495. The number of nitrogens with one attached hydrogen (secondary N) is 1. The molecule has 0 atom stereocenters. The van der Waals surface area contributed by atoms with Gasteiger partial charge >= 0.3 is 0 Å². The zero-order valence-corrected chi connectivity index (χ0v) is 20.3. The van der Waals surface area contributed by atoms with Gasteiger partial charge in [-0.2, -0.15) is 0 Å². The largest absolute Gasteiger partial charge is 0.347 e. The molecule has 1 aliphatic rings. The van der Waals surface area contributed by atoms with Gasteiger partial charge in [0, 0.05) is 46.8 Å². The average Bonchev–Trinajstić information content (AvgIpc) is 2.95. The number of anilines is 1. The Labute approximate surface area is 196 Å². The molecule has 4 rings (SSSR count). The molecule has 1 aromatic heterocycles. The van der Waals surface area contributed by atoms with Gasteiger partial charge in [0.25, 0.3) is 0 Å². The second kappa shape index (κ2) is 10.6. The van der Waals surface area contributed by atoms with Crippen LogP contribution in [0.1, 0.15) is 51.0 Å². The Balaban J connectivity index is 1.63. The van der Waals surface area contributed by atoms with Crippen LogP contribution in [0, 0.1) is 0 Å². The van der Waals surface area contributed by atoms with E-state index in [9.17, 15) is 0 Å². The quantitative estimate of drug-likeness (QED) is 0.241. The van der Waals surface area contributed by atoms with E-state index in [0.29, 0.717) is 6.04 Å². The van der Waals surface area contributed by atoms with E-state index in [1.165, 1.54) is 59.9 Å². The van der Waals surface area contributed by atoms with Gasteiger partial charge in [-0.15, -0.1) is 11.8 Å². The maximum absolute atomic E-state index is 6.02. The summed E-state index contributed by atoms with van der Waals surface area (Å²) >= 11 is 7.78. The fourth-order valence-corrected chi connectivity index (χ4v) is 5.52. The molecule has 3 nitrogen and oxygen atoms in total. The second-order valence-corrected chi connectivity index (χ2v) is 9.66. The normalized spacial score (nSPS) is 15.0. The van der Waals surface area contributed by atoms with Gasteiger partial charge in [-0.1, -0.05) is 49.9 Å². The number of aromatic nitrogens is 1. The van der Waals surface area contributed by atoms with Crippen LogP contribution >= 0.6 is 24.0 Å². The van der Waals surface area contributed by atoms with Crippen molar-refractivity contribution in [3.63, 3.8) is 0 Å². The Hall–Kier alpha value is -1.98. The van der Waals surface area contributed by atoms with Crippen molar-refractivity contribution in [3.05, 3.63) is 60.3 Å². The number of aryl methyl sites for hydroxylation is 1. The van der Waals surface area contributed by atoms with E-state index in [1.54, 1.807) is 11.8 Å². The number of thioether (sulfide) groups is 1. The van der Waals surface area contributed by atoms with Crippen LogP contribution in [0.4, 0.5) is 5.69 Å². The topological polar surface area (TPSA) is 20.2 Å². The predicted molar refractivity (Wildman–Crippen MR) is 139 cm³/mol. The summed E-state index contributed by atoms with van der Waals surface area (Å²) in [7, 11) is 0. The van der Waals surface area contributed by atoms with Crippen molar-refractivity contribution < 1.29 is 0 Å². The molecule has 5 heteroatoms. The van der Waals surface area contributed by atoms with Crippen molar-refractivity contribution in [1.82, 2.24) is 9.47 Å². The van der Waals surface area contributed by atoms with Crippen molar-refractivity contribution in [2.45, 2.75) is 69.5 Å². The highest BCUT2D eigenvalue weighted by molar-refractivity contribution is 7.98. The van der Waals surface area contributed by atoms with Gasteiger partial charge in [-0.25, -0.2) is 0 Å². The first kappa shape index (κ1) is 22.2. The molecule has 0 unspecified atom stereocenters. The molecule has 31 heavy (non-hydrogen) atoms. The highest BCUT2D eigenvalue weighted by Crippen LogP contribution is 2.28. The number of hydrogen-bond donors (Lipinski definition) is 1. The Morgan fingerprint density at radius 1 is 1.10 bits per heavy atom. The van der Waals surface area contributed by atoms with Gasteiger partial charge in [0.2, 0.25) is 0 Å². The number of hydrogen-bond acceptors (Lipinski definition) is 2. The highest BCUT2D eigenvalue weighted by atomic mass is 32.2. The molecule has 1 N–H and O–H groups in total. The molecule has 0 amide bonds. The molecule has 0 aliphatic heterocycles. The minimum Gasteiger partial charge on any atom is -0.347 e. The summed E-state index contributed by atoms with van der Waals surface area (Å²) in [6.07, 6.45) is 12.2. The number of benzene rings is 2. The van der Waals surface area contributed by atoms with Crippen molar-refractivity contribution in [3.8, 4) is 0 Å². The lowest BCUT2D eigenvalue weighted by Crippen LogP contribution is -2.42. The summed E-state index contributed by atoms with van der Waals surface area (Å²) < 4.78 is 2.36. The number of rotatable bonds is 6. The third kappa shape index (κ3) is 5.27. The Morgan fingerprint density at radius 2 is 1.87 bits per heavy atom. The van der Waals surface area contributed by atoms with Gasteiger partial charge in [0.15, 0.2) is 5.11 Å². The molecule has 3 aromatic rings. The predicted octanol–water partition coefficient (Wildman–Crippen LogP) is 7.30. The van der Waals surface area contributed by atoms with E-state index in [2.05, 4.69) is 82.7 Å². The van der Waals surface area contributed by atoms with Crippen LogP contribution in [-0.2, 0) is 13.1 Å². The highest BCUT2D eigenvalue weighted by Gasteiger charge is 2.24. The first-order valence-electron chi connectivity index (χ1n) is 11.5. The Kier molecular flexibility index (Phi) is 7.57. The Morgan fingerprint density at radius 3 is 2.61 bits per heavy atom. The first-order chi connectivity index (χ1) is 15.2. The van der Waals surface area contributed by atoms with Gasteiger partial charge in [-0.3, -0.25) is 0 Å². The first-order valence-corrected chi connectivity index (χ1v) is 13.1. The molecule has 1 heterocycles. The maximum atomic E-state index is 6.02. The molecule has 2 aromatic carbocycles. The molecule has 164 valence electrons. The molecule has 1 fully saturated rings. The van der Waals surface area contributed by atoms with Crippen molar-refractivity contribution in [2.24, 2.45) is 0 Å². The average molecular weight is 452 g/mol. The van der Waals surface area contributed by atoms with Gasteiger partial charge < -0.3 is 14.8 Å². The fraction of sp³-hybridized carbons (Fsp3) is 0.423. The summed E-state index contributed by atoms with van der Waals surface area (Å²) in [5.74, 6) is 0. The van der Waals surface area contributed by atoms with Crippen LogP contribution in [0.15, 0.2) is 59.6 Å². The van der Waals surface area contributed by atoms with E-state index < -0.39 is 0 Å². The third-order valence-corrected chi connectivity index (χ3v) is 7.46. The zero-order chi connectivity index (χ0) is 21.6. The number of nitrogens with zero attached hydrogens (tertiary/aromatic N) is 2. The van der Waals surface area contributed by atoms with Crippen LogP contribution < -0.4 is 5.32 Å². The van der Waals surface area contributed by atoms with Crippen molar-refractivity contribution in [1.29, 1.82) is 0 Å². The molecule has 1 saturated carbocycles. The van der Waals surface area contributed by atoms with Crippen molar-refractivity contribution in [2.75, 3.05) is 11.6 Å². The van der Waals surface area contributed by atoms with E-state index in [4.69, 9.17) is 12.2 Å². The Bertz CT molecular complexity index is 1020. The maximum Gasteiger partial charge on any atom is 0.173 e. The lowest BCUT2D eigenvalue weighted by molar-refractivity contribution is 0.281.